The van der Waals surface area contributed by atoms with Crippen molar-refractivity contribution in [2.75, 3.05) is 5.32 Å². The molecule has 6 heteroatoms. The Kier molecular flexibility index (Phi) is 6.17. The van der Waals surface area contributed by atoms with E-state index in [1.54, 1.807) is 17.7 Å². The van der Waals surface area contributed by atoms with E-state index >= 15 is 0 Å². The summed E-state index contributed by atoms with van der Waals surface area (Å²) in [6, 6.07) is 18.4. The van der Waals surface area contributed by atoms with Crippen LogP contribution in [0.3, 0.4) is 0 Å². The molecule has 144 valence electrons. The van der Waals surface area contributed by atoms with E-state index in [0.29, 0.717) is 0 Å². The first-order valence-corrected chi connectivity index (χ1v) is 9.76. The molecule has 2 aromatic carbocycles. The molecule has 2 aromatic heterocycles. The number of hydrogen-bond donors (Lipinski definition) is 1. The zero-order chi connectivity index (χ0) is 18.8. The number of nitrogens with zero attached hydrogens (tertiary/aromatic N) is 2. The van der Waals surface area contributed by atoms with Crippen molar-refractivity contribution in [2.24, 2.45) is 0 Å². The second-order valence-electron chi connectivity index (χ2n) is 6.62. The van der Waals surface area contributed by atoms with Crippen molar-refractivity contribution in [3.8, 4) is 16.9 Å². The largest absolute Gasteiger partial charge is 0.491 e. The van der Waals surface area contributed by atoms with Gasteiger partial charge in [-0.05, 0) is 50.6 Å². The summed E-state index contributed by atoms with van der Waals surface area (Å²) >= 11 is 1.70. The number of nitrogens with one attached hydrogen (secondary N) is 1. The first-order chi connectivity index (χ1) is 13.1. The maximum absolute atomic E-state index is 5.72. The minimum Gasteiger partial charge on any atom is -0.491 e. The minimum absolute atomic E-state index is 0. The first-order valence-electron chi connectivity index (χ1n) is 8.95. The molecule has 0 aliphatic rings. The Balaban J connectivity index is 0.00000225. The van der Waals surface area contributed by atoms with Crippen molar-refractivity contribution in [3.05, 3.63) is 65.8 Å². The lowest BCUT2D eigenvalue weighted by Gasteiger charge is -2.12. The highest BCUT2D eigenvalue weighted by atomic mass is 35.5. The third-order valence-electron chi connectivity index (χ3n) is 4.22. The summed E-state index contributed by atoms with van der Waals surface area (Å²) in [5.41, 5.74) is 3.34. The average molecular weight is 412 g/mol. The van der Waals surface area contributed by atoms with Gasteiger partial charge in [0.25, 0.3) is 0 Å². The Morgan fingerprint density at radius 1 is 0.964 bits per heavy atom. The van der Waals surface area contributed by atoms with Gasteiger partial charge in [-0.15, -0.1) is 23.7 Å². The molecule has 0 saturated carbocycles. The van der Waals surface area contributed by atoms with Gasteiger partial charge in [-0.1, -0.05) is 30.3 Å². The maximum atomic E-state index is 5.72. The fourth-order valence-electron chi connectivity index (χ4n) is 3.12. The topological polar surface area (TPSA) is 47.0 Å². The molecular weight excluding hydrogens is 390 g/mol. The number of halogens is 1. The second kappa shape index (κ2) is 8.59. The van der Waals surface area contributed by atoms with Gasteiger partial charge in [0.1, 0.15) is 22.7 Å². The van der Waals surface area contributed by atoms with E-state index in [4.69, 9.17) is 4.74 Å². The van der Waals surface area contributed by atoms with Crippen molar-refractivity contribution < 1.29 is 4.74 Å². The van der Waals surface area contributed by atoms with Gasteiger partial charge in [-0.2, -0.15) is 0 Å². The number of hydrogen-bond acceptors (Lipinski definition) is 5. The summed E-state index contributed by atoms with van der Waals surface area (Å²) in [7, 11) is 0. The van der Waals surface area contributed by atoms with Gasteiger partial charge in [-0.3, -0.25) is 0 Å². The van der Waals surface area contributed by atoms with Crippen LogP contribution in [0.2, 0.25) is 0 Å². The summed E-state index contributed by atoms with van der Waals surface area (Å²) < 4.78 is 5.72. The predicted octanol–water partition coefficient (Wildman–Crippen LogP) is 6.62. The minimum atomic E-state index is 0. The third kappa shape index (κ3) is 4.11. The zero-order valence-electron chi connectivity index (χ0n) is 16.0. The summed E-state index contributed by atoms with van der Waals surface area (Å²) in [5, 5.41) is 4.51. The van der Waals surface area contributed by atoms with Crippen molar-refractivity contribution >= 4 is 45.5 Å². The molecule has 0 bridgehead atoms. The standard InChI is InChI=1S/C22H21N3OS.ClH/c1-14(2)26-18-11-9-17(10-12-18)25-21-20-19(16-7-5-4-6-8-16)15(3)27-22(20)24-13-23-21;/h4-14H,1-3H3,(H,23,24,25);1H. The number of aromatic nitrogens is 2. The number of rotatable bonds is 5. The summed E-state index contributed by atoms with van der Waals surface area (Å²) in [5.74, 6) is 1.68. The first kappa shape index (κ1) is 20.1. The van der Waals surface area contributed by atoms with E-state index in [1.807, 2.05) is 44.2 Å². The van der Waals surface area contributed by atoms with Gasteiger partial charge in [-0.25, -0.2) is 9.97 Å². The number of anilines is 2. The van der Waals surface area contributed by atoms with Crippen LogP contribution in [0.15, 0.2) is 60.9 Å². The molecule has 4 rings (SSSR count). The Morgan fingerprint density at radius 2 is 1.68 bits per heavy atom. The zero-order valence-corrected chi connectivity index (χ0v) is 17.6. The molecule has 0 aliphatic carbocycles. The number of benzene rings is 2. The van der Waals surface area contributed by atoms with Gasteiger partial charge in [0, 0.05) is 16.1 Å². The average Bonchev–Trinajstić information content (AvgIpc) is 3.00. The molecule has 4 nitrogen and oxygen atoms in total. The van der Waals surface area contributed by atoms with Crippen LogP contribution in [-0.4, -0.2) is 16.1 Å². The molecule has 2 heterocycles. The van der Waals surface area contributed by atoms with E-state index < -0.39 is 0 Å². The van der Waals surface area contributed by atoms with Gasteiger partial charge in [0.05, 0.1) is 11.5 Å². The van der Waals surface area contributed by atoms with Crippen molar-refractivity contribution in [2.45, 2.75) is 26.9 Å². The van der Waals surface area contributed by atoms with E-state index in [9.17, 15) is 0 Å². The van der Waals surface area contributed by atoms with E-state index in [0.717, 1.165) is 27.5 Å². The molecule has 0 saturated heterocycles. The van der Waals surface area contributed by atoms with Crippen LogP contribution in [0.4, 0.5) is 11.5 Å². The van der Waals surface area contributed by atoms with Crippen LogP contribution in [-0.2, 0) is 0 Å². The number of thiophene rings is 1. The highest BCUT2D eigenvalue weighted by Crippen LogP contribution is 2.40. The van der Waals surface area contributed by atoms with Crippen molar-refractivity contribution in [3.63, 3.8) is 0 Å². The SMILES string of the molecule is Cc1sc2ncnc(Nc3ccc(OC(C)C)cc3)c2c1-c1ccccc1.Cl. The quantitative estimate of drug-likeness (QED) is 0.401. The molecule has 28 heavy (non-hydrogen) atoms. The van der Waals surface area contributed by atoms with Crippen LogP contribution in [0.25, 0.3) is 21.3 Å². The Hall–Kier alpha value is -2.63. The molecule has 0 radical (unpaired) electrons. The number of ether oxygens (including phenoxy) is 1. The molecular formula is C22H22ClN3OS. The summed E-state index contributed by atoms with van der Waals surface area (Å²) in [6.45, 7) is 6.18. The van der Waals surface area contributed by atoms with Gasteiger partial charge in [0.15, 0.2) is 0 Å². The highest BCUT2D eigenvalue weighted by Gasteiger charge is 2.16. The van der Waals surface area contributed by atoms with Gasteiger partial charge in [0.2, 0.25) is 0 Å². The normalized spacial score (nSPS) is 10.7. The van der Waals surface area contributed by atoms with Gasteiger partial charge >= 0.3 is 0 Å². The molecule has 0 unspecified atom stereocenters. The summed E-state index contributed by atoms with van der Waals surface area (Å²) in [6.07, 6.45) is 1.78. The smallest absolute Gasteiger partial charge is 0.143 e. The highest BCUT2D eigenvalue weighted by molar-refractivity contribution is 7.19. The van der Waals surface area contributed by atoms with Crippen molar-refractivity contribution in [1.29, 1.82) is 0 Å². The van der Waals surface area contributed by atoms with Crippen LogP contribution in [0, 0.1) is 6.92 Å². The summed E-state index contributed by atoms with van der Waals surface area (Å²) in [4.78, 5) is 11.2. The molecule has 0 amide bonds. The number of aryl methyl sites for hydroxylation is 1. The lowest BCUT2D eigenvalue weighted by atomic mass is 10.0. The molecule has 4 aromatic rings. The Morgan fingerprint density at radius 3 is 2.36 bits per heavy atom. The lowest BCUT2D eigenvalue weighted by molar-refractivity contribution is 0.242. The van der Waals surface area contributed by atoms with Crippen LogP contribution >= 0.6 is 23.7 Å². The monoisotopic (exact) mass is 411 g/mol. The Labute approximate surface area is 175 Å². The fourth-order valence-corrected chi connectivity index (χ4v) is 4.13. The number of fused-ring (bicyclic) bond motifs is 1. The Bertz CT molecular complexity index is 1060. The lowest BCUT2D eigenvalue weighted by Crippen LogP contribution is -2.05. The molecule has 0 fully saturated rings. The van der Waals surface area contributed by atoms with E-state index in [-0.39, 0.29) is 18.5 Å². The van der Waals surface area contributed by atoms with E-state index in [2.05, 4.69) is 46.5 Å². The molecule has 0 spiro atoms. The molecule has 0 atom stereocenters. The van der Waals surface area contributed by atoms with Crippen LogP contribution in [0.1, 0.15) is 18.7 Å². The van der Waals surface area contributed by atoms with Gasteiger partial charge < -0.3 is 10.1 Å². The maximum Gasteiger partial charge on any atom is 0.143 e. The van der Waals surface area contributed by atoms with Crippen LogP contribution in [0.5, 0.6) is 5.75 Å². The van der Waals surface area contributed by atoms with Crippen LogP contribution < -0.4 is 10.1 Å². The molecule has 0 aliphatic heterocycles. The predicted molar refractivity (Wildman–Crippen MR) is 120 cm³/mol. The molecule has 1 N–H and O–H groups in total. The van der Waals surface area contributed by atoms with E-state index in [1.165, 1.54) is 16.0 Å². The fraction of sp³-hybridized carbons (Fsp3) is 0.182. The van der Waals surface area contributed by atoms with Crippen molar-refractivity contribution in [1.82, 2.24) is 9.97 Å². The third-order valence-corrected chi connectivity index (χ3v) is 5.23. The second-order valence-corrected chi connectivity index (χ2v) is 7.82.